The van der Waals surface area contributed by atoms with Crippen LogP contribution in [0.15, 0.2) is 24.5 Å². The number of fused-ring (bicyclic) bond motifs is 1. The number of carbonyl (C=O) groups is 1. The van der Waals surface area contributed by atoms with Crippen molar-refractivity contribution in [3.8, 4) is 5.75 Å². The van der Waals surface area contributed by atoms with E-state index in [0.29, 0.717) is 21.8 Å². The first-order valence-electron chi connectivity index (χ1n) is 7.83. The maximum absolute atomic E-state index is 11.9. The van der Waals surface area contributed by atoms with Gasteiger partial charge in [0.05, 0.1) is 11.1 Å². The normalized spacial score (nSPS) is 12.1. The molecule has 0 aliphatic rings. The molecule has 0 bridgehead atoms. The van der Waals surface area contributed by atoms with Crippen LogP contribution in [0.5, 0.6) is 5.75 Å². The molecule has 0 saturated heterocycles. The molecule has 2 aromatic rings. The minimum absolute atomic E-state index is 0.0978. The number of carbonyl (C=O) groups excluding carboxylic acids is 1. The van der Waals surface area contributed by atoms with Gasteiger partial charge in [-0.25, -0.2) is 9.78 Å². The van der Waals surface area contributed by atoms with E-state index in [4.69, 9.17) is 21.1 Å². The van der Waals surface area contributed by atoms with Gasteiger partial charge >= 0.3 is 5.97 Å². The standard InChI is InChI=1S/C17H21ClN2O3/c1-3-4-5-6-12(2)23-15(21)11-22-14-8-7-13(18)16-17(14)20-10-9-19-16/h7-10,12H,3-6,11H2,1-2H3. The van der Waals surface area contributed by atoms with Gasteiger partial charge in [-0.3, -0.25) is 4.98 Å². The van der Waals surface area contributed by atoms with Crippen molar-refractivity contribution in [1.82, 2.24) is 9.97 Å². The van der Waals surface area contributed by atoms with Crippen molar-refractivity contribution in [2.24, 2.45) is 0 Å². The largest absolute Gasteiger partial charge is 0.480 e. The zero-order valence-electron chi connectivity index (χ0n) is 13.4. The zero-order valence-corrected chi connectivity index (χ0v) is 14.2. The van der Waals surface area contributed by atoms with Gasteiger partial charge in [0.25, 0.3) is 0 Å². The van der Waals surface area contributed by atoms with Crippen molar-refractivity contribution < 1.29 is 14.3 Å². The average Bonchev–Trinajstić information content (AvgIpc) is 2.55. The highest BCUT2D eigenvalue weighted by molar-refractivity contribution is 6.35. The van der Waals surface area contributed by atoms with Gasteiger partial charge in [0.1, 0.15) is 16.8 Å². The second-order valence-corrected chi connectivity index (χ2v) is 5.79. The predicted molar refractivity (Wildman–Crippen MR) is 89.7 cm³/mol. The Morgan fingerprint density at radius 3 is 2.70 bits per heavy atom. The van der Waals surface area contributed by atoms with E-state index in [1.807, 2.05) is 6.92 Å². The van der Waals surface area contributed by atoms with Crippen LogP contribution in [0.1, 0.15) is 39.5 Å². The predicted octanol–water partition coefficient (Wildman–Crippen LogP) is 4.17. The van der Waals surface area contributed by atoms with Crippen LogP contribution in [0.2, 0.25) is 5.02 Å². The molecule has 0 aliphatic heterocycles. The molecule has 0 fully saturated rings. The molecule has 0 amide bonds. The van der Waals surface area contributed by atoms with Gasteiger partial charge in [-0.05, 0) is 31.9 Å². The molecule has 0 radical (unpaired) electrons. The van der Waals surface area contributed by atoms with Crippen LogP contribution in [-0.4, -0.2) is 28.6 Å². The van der Waals surface area contributed by atoms with Crippen LogP contribution in [0.3, 0.4) is 0 Å². The maximum Gasteiger partial charge on any atom is 0.344 e. The lowest BCUT2D eigenvalue weighted by Crippen LogP contribution is -2.20. The number of rotatable bonds is 8. The van der Waals surface area contributed by atoms with Crippen molar-refractivity contribution in [2.45, 2.75) is 45.6 Å². The van der Waals surface area contributed by atoms with Crippen LogP contribution >= 0.6 is 11.6 Å². The van der Waals surface area contributed by atoms with E-state index >= 15 is 0 Å². The highest BCUT2D eigenvalue weighted by Gasteiger charge is 2.13. The smallest absolute Gasteiger partial charge is 0.344 e. The van der Waals surface area contributed by atoms with Crippen molar-refractivity contribution in [3.63, 3.8) is 0 Å². The molecule has 124 valence electrons. The van der Waals surface area contributed by atoms with Crippen LogP contribution < -0.4 is 4.74 Å². The lowest BCUT2D eigenvalue weighted by atomic mass is 10.1. The lowest BCUT2D eigenvalue weighted by Gasteiger charge is -2.14. The molecule has 1 unspecified atom stereocenters. The highest BCUT2D eigenvalue weighted by atomic mass is 35.5. The van der Waals surface area contributed by atoms with Crippen LogP contribution in [-0.2, 0) is 9.53 Å². The minimum Gasteiger partial charge on any atom is -0.480 e. The first-order valence-corrected chi connectivity index (χ1v) is 8.21. The monoisotopic (exact) mass is 336 g/mol. The highest BCUT2D eigenvalue weighted by Crippen LogP contribution is 2.27. The van der Waals surface area contributed by atoms with E-state index < -0.39 is 0 Å². The molecule has 1 aromatic heterocycles. The van der Waals surface area contributed by atoms with Gasteiger partial charge in [0.2, 0.25) is 0 Å². The Balaban J connectivity index is 1.91. The number of unbranched alkanes of at least 4 members (excludes halogenated alkanes) is 2. The van der Waals surface area contributed by atoms with Gasteiger partial charge in [0, 0.05) is 12.4 Å². The molecule has 0 N–H and O–H groups in total. The summed E-state index contributed by atoms with van der Waals surface area (Å²) < 4.78 is 10.9. The third-order valence-electron chi connectivity index (χ3n) is 3.43. The third kappa shape index (κ3) is 5.06. The molecular weight excluding hydrogens is 316 g/mol. The Morgan fingerprint density at radius 1 is 1.22 bits per heavy atom. The molecule has 0 aliphatic carbocycles. The van der Waals surface area contributed by atoms with Gasteiger partial charge in [-0.1, -0.05) is 31.4 Å². The van der Waals surface area contributed by atoms with Gasteiger partial charge in [0.15, 0.2) is 6.61 Å². The van der Waals surface area contributed by atoms with Gasteiger partial charge in [-0.2, -0.15) is 0 Å². The number of hydrogen-bond acceptors (Lipinski definition) is 5. The molecule has 0 spiro atoms. The molecule has 1 heterocycles. The number of halogens is 1. The van der Waals surface area contributed by atoms with Crippen molar-refractivity contribution in [2.75, 3.05) is 6.61 Å². The summed E-state index contributed by atoms with van der Waals surface area (Å²) in [5.41, 5.74) is 1.08. The maximum atomic E-state index is 11.9. The minimum atomic E-state index is -0.388. The Labute approximate surface area is 141 Å². The molecule has 23 heavy (non-hydrogen) atoms. The summed E-state index contributed by atoms with van der Waals surface area (Å²) in [4.78, 5) is 20.2. The summed E-state index contributed by atoms with van der Waals surface area (Å²) >= 11 is 6.07. The quantitative estimate of drug-likeness (QED) is 0.534. The second-order valence-electron chi connectivity index (χ2n) is 5.38. The molecule has 0 saturated carbocycles. The summed E-state index contributed by atoms with van der Waals surface area (Å²) in [6.07, 6.45) is 7.24. The van der Waals surface area contributed by atoms with Gasteiger partial charge < -0.3 is 9.47 Å². The fourth-order valence-electron chi connectivity index (χ4n) is 2.25. The fraction of sp³-hybridized carbons (Fsp3) is 0.471. The summed E-state index contributed by atoms with van der Waals surface area (Å²) in [7, 11) is 0. The van der Waals surface area contributed by atoms with E-state index in [9.17, 15) is 4.79 Å². The van der Waals surface area contributed by atoms with E-state index in [1.165, 1.54) is 0 Å². The van der Waals surface area contributed by atoms with E-state index in [2.05, 4.69) is 16.9 Å². The third-order valence-corrected chi connectivity index (χ3v) is 3.74. The van der Waals surface area contributed by atoms with E-state index in [0.717, 1.165) is 25.7 Å². The number of hydrogen-bond donors (Lipinski definition) is 0. The molecule has 1 aromatic carbocycles. The lowest BCUT2D eigenvalue weighted by molar-refractivity contribution is -0.150. The van der Waals surface area contributed by atoms with Crippen LogP contribution in [0.25, 0.3) is 11.0 Å². The molecule has 1 atom stereocenters. The van der Waals surface area contributed by atoms with Crippen molar-refractivity contribution in [1.29, 1.82) is 0 Å². The van der Waals surface area contributed by atoms with Crippen LogP contribution in [0, 0.1) is 0 Å². The first-order chi connectivity index (χ1) is 11.1. The SMILES string of the molecule is CCCCCC(C)OC(=O)COc1ccc(Cl)c2nccnc12. The van der Waals surface area contributed by atoms with E-state index in [1.54, 1.807) is 24.5 Å². The Morgan fingerprint density at radius 2 is 1.96 bits per heavy atom. The van der Waals surface area contributed by atoms with Gasteiger partial charge in [-0.15, -0.1) is 0 Å². The molecule has 5 nitrogen and oxygen atoms in total. The number of aromatic nitrogens is 2. The topological polar surface area (TPSA) is 61.3 Å². The van der Waals surface area contributed by atoms with Crippen molar-refractivity contribution in [3.05, 3.63) is 29.5 Å². The Hall–Kier alpha value is -1.88. The number of esters is 1. The summed E-state index contributed by atoms with van der Waals surface area (Å²) in [6.45, 7) is 3.88. The average molecular weight is 337 g/mol. The second kappa shape index (κ2) is 8.67. The first kappa shape index (κ1) is 17.5. The Kier molecular flexibility index (Phi) is 6.59. The Bertz CT molecular complexity index is 663. The molecule has 6 heteroatoms. The fourth-order valence-corrected chi connectivity index (χ4v) is 2.45. The molecule has 2 rings (SSSR count). The molecular formula is C17H21ClN2O3. The number of nitrogens with zero attached hydrogens (tertiary/aromatic N) is 2. The number of ether oxygens (including phenoxy) is 2. The number of benzene rings is 1. The van der Waals surface area contributed by atoms with Crippen LogP contribution in [0.4, 0.5) is 0 Å². The van der Waals surface area contributed by atoms with E-state index in [-0.39, 0.29) is 18.7 Å². The summed E-state index contributed by atoms with van der Waals surface area (Å²) in [6, 6.07) is 3.35. The summed E-state index contributed by atoms with van der Waals surface area (Å²) in [5, 5.41) is 0.493. The zero-order chi connectivity index (χ0) is 16.7. The van der Waals surface area contributed by atoms with Crippen molar-refractivity contribution >= 4 is 28.6 Å². The summed E-state index contributed by atoms with van der Waals surface area (Å²) in [5.74, 6) is 0.0778.